The van der Waals surface area contributed by atoms with Crippen LogP contribution in [0.5, 0.6) is 11.5 Å². The number of hydrogen-bond donors (Lipinski definition) is 0. The van der Waals surface area contributed by atoms with E-state index in [4.69, 9.17) is 14.2 Å². The molecule has 0 atom stereocenters. The number of methoxy groups -OCH3 is 2. The van der Waals surface area contributed by atoms with Crippen LogP contribution in [0.2, 0.25) is 0 Å². The molecule has 16 nitrogen and oxygen atoms in total. The van der Waals surface area contributed by atoms with Gasteiger partial charge >= 0.3 is 11.4 Å². The first-order chi connectivity index (χ1) is 27.3. The number of hydrogen-bond acceptors (Lipinski definition) is 13. The number of pyridine rings is 1. The van der Waals surface area contributed by atoms with E-state index in [1.54, 1.807) is 34.7 Å². The third-order valence-electron chi connectivity index (χ3n) is 9.57. The third kappa shape index (κ3) is 7.48. The highest BCUT2D eigenvalue weighted by atomic mass is 32.1. The van der Waals surface area contributed by atoms with Crippen LogP contribution in [0.3, 0.4) is 0 Å². The van der Waals surface area contributed by atoms with Crippen LogP contribution in [-0.2, 0) is 30.9 Å². The maximum atomic E-state index is 13.1. The molecule has 1 saturated heterocycles. The molecule has 0 radical (unpaired) electrons. The van der Waals surface area contributed by atoms with Gasteiger partial charge in [-0.15, -0.1) is 11.3 Å². The van der Waals surface area contributed by atoms with E-state index in [2.05, 4.69) is 47.1 Å². The average Bonchev–Trinajstić information content (AvgIpc) is 4.00. The molecule has 6 aromatic heterocycles. The van der Waals surface area contributed by atoms with Crippen molar-refractivity contribution in [1.82, 2.24) is 53.1 Å². The van der Waals surface area contributed by atoms with Gasteiger partial charge in [0, 0.05) is 37.3 Å². The van der Waals surface area contributed by atoms with Crippen molar-refractivity contribution in [3.05, 3.63) is 122 Å². The van der Waals surface area contributed by atoms with Gasteiger partial charge < -0.3 is 19.1 Å². The normalized spacial score (nSPS) is 13.5. The number of rotatable bonds is 10. The summed E-state index contributed by atoms with van der Waals surface area (Å²) in [5.74, 6) is 1.57. The van der Waals surface area contributed by atoms with E-state index in [1.165, 1.54) is 26.6 Å². The largest absolute Gasteiger partial charge is 0.497 e. The second kappa shape index (κ2) is 16.0. The summed E-state index contributed by atoms with van der Waals surface area (Å²) in [5.41, 5.74) is 4.35. The van der Waals surface area contributed by atoms with Crippen molar-refractivity contribution in [2.75, 3.05) is 54.6 Å². The molecule has 1 fully saturated rings. The van der Waals surface area contributed by atoms with E-state index >= 15 is 0 Å². The maximum Gasteiger partial charge on any atom is 0.352 e. The SMILES string of the molecule is COc1ccc(Cn2c(=O)n3ncnc3c3cc(CN(C)C)sc32)cc1.COc1ccc(Cn2c(=O)n3ncnc3c3cc(CN4CCOCC4)cnc32)cc1. The highest BCUT2D eigenvalue weighted by Gasteiger charge is 2.18. The Morgan fingerprint density at radius 1 is 0.696 bits per heavy atom. The number of thiophene rings is 1. The first kappa shape index (κ1) is 36.9. The fourth-order valence-electron chi connectivity index (χ4n) is 6.81. The standard InChI is InChI=1S/C21H22N6O3.C18H19N5O2S/c1-29-17-4-2-15(3-5-17)13-26-19-18(20-23-14-24-27(20)21(26)28)10-16(11-22-19)12-25-6-8-30-9-7-25;1-21(2)10-14-8-15-16-19-11-20-23(16)18(24)22(17(15)26-14)9-12-4-6-13(25-3)7-5-12/h2-5,10-11,14H,6-9,12-13H2,1H3;4-8,11H,9-10H2,1-3H3. The molecule has 0 N–H and O–H groups in total. The minimum Gasteiger partial charge on any atom is -0.497 e. The summed E-state index contributed by atoms with van der Waals surface area (Å²) in [4.78, 5) is 45.8. The lowest BCUT2D eigenvalue weighted by Gasteiger charge is -2.26. The molecule has 9 rings (SSSR count). The molecule has 2 aromatic carbocycles. The van der Waals surface area contributed by atoms with E-state index in [9.17, 15) is 9.59 Å². The van der Waals surface area contributed by atoms with E-state index in [0.717, 1.165) is 83.2 Å². The third-order valence-corrected chi connectivity index (χ3v) is 10.7. The van der Waals surface area contributed by atoms with Crippen molar-refractivity contribution in [2.24, 2.45) is 0 Å². The zero-order valence-corrected chi connectivity index (χ0v) is 32.3. The minimum atomic E-state index is -0.265. The van der Waals surface area contributed by atoms with Crippen LogP contribution in [0, 0.1) is 0 Å². The number of benzene rings is 2. The Bertz CT molecular complexity index is 2750. The van der Waals surface area contributed by atoms with Crippen molar-refractivity contribution in [2.45, 2.75) is 26.2 Å². The number of morpholine rings is 1. The van der Waals surface area contributed by atoms with Crippen molar-refractivity contribution >= 4 is 43.9 Å². The summed E-state index contributed by atoms with van der Waals surface area (Å²) >= 11 is 1.63. The van der Waals surface area contributed by atoms with Crippen LogP contribution in [0.25, 0.3) is 32.5 Å². The molecule has 56 heavy (non-hydrogen) atoms. The Kier molecular flexibility index (Phi) is 10.6. The van der Waals surface area contributed by atoms with Gasteiger partial charge in [-0.25, -0.2) is 24.5 Å². The van der Waals surface area contributed by atoms with Crippen LogP contribution >= 0.6 is 11.3 Å². The first-order valence-corrected chi connectivity index (χ1v) is 18.9. The van der Waals surface area contributed by atoms with Crippen molar-refractivity contribution in [1.29, 1.82) is 0 Å². The van der Waals surface area contributed by atoms with E-state index in [0.29, 0.717) is 30.0 Å². The number of ether oxygens (including phenoxy) is 3. The summed E-state index contributed by atoms with van der Waals surface area (Å²) in [6.07, 6.45) is 4.67. The lowest BCUT2D eigenvalue weighted by Crippen LogP contribution is -2.35. The van der Waals surface area contributed by atoms with Crippen LogP contribution in [-0.4, -0.2) is 108 Å². The molecule has 7 heterocycles. The lowest BCUT2D eigenvalue weighted by molar-refractivity contribution is 0.0341. The fourth-order valence-corrected chi connectivity index (χ4v) is 8.07. The van der Waals surface area contributed by atoms with Gasteiger partial charge in [0.05, 0.1) is 51.3 Å². The van der Waals surface area contributed by atoms with Gasteiger partial charge in [0.25, 0.3) is 0 Å². The molecule has 0 spiro atoms. The zero-order chi connectivity index (χ0) is 38.8. The van der Waals surface area contributed by atoms with Crippen LogP contribution < -0.4 is 20.9 Å². The van der Waals surface area contributed by atoms with Crippen LogP contribution in [0.1, 0.15) is 21.6 Å². The lowest BCUT2D eigenvalue weighted by atomic mass is 10.2. The average molecular weight is 776 g/mol. The molecule has 0 unspecified atom stereocenters. The van der Waals surface area contributed by atoms with Crippen LogP contribution in [0.4, 0.5) is 0 Å². The highest BCUT2D eigenvalue weighted by Crippen LogP contribution is 2.28. The van der Waals surface area contributed by atoms with Crippen LogP contribution in [0.15, 0.2) is 89.1 Å². The van der Waals surface area contributed by atoms with E-state index < -0.39 is 0 Å². The topological polar surface area (TPSA) is 151 Å². The van der Waals surface area contributed by atoms with Gasteiger partial charge in [0.1, 0.15) is 34.6 Å². The van der Waals surface area contributed by atoms with Gasteiger partial charge in [0.15, 0.2) is 11.3 Å². The Hall–Kier alpha value is -6.01. The molecule has 1 aliphatic rings. The molecule has 288 valence electrons. The van der Waals surface area contributed by atoms with Gasteiger partial charge in [0.2, 0.25) is 0 Å². The quantitative estimate of drug-likeness (QED) is 0.200. The van der Waals surface area contributed by atoms with Gasteiger partial charge in [-0.3, -0.25) is 14.0 Å². The van der Waals surface area contributed by atoms with E-state index in [-0.39, 0.29) is 11.4 Å². The maximum absolute atomic E-state index is 13.1. The molecule has 1 aliphatic heterocycles. The molecule has 17 heteroatoms. The Labute approximate surface area is 324 Å². The zero-order valence-electron chi connectivity index (χ0n) is 31.5. The summed E-state index contributed by atoms with van der Waals surface area (Å²) in [6.45, 7) is 5.74. The molecule has 8 aromatic rings. The predicted octanol–water partition coefficient (Wildman–Crippen LogP) is 3.55. The van der Waals surface area contributed by atoms with Gasteiger partial charge in [-0.1, -0.05) is 24.3 Å². The second-order valence-corrected chi connectivity index (χ2v) is 14.8. The Balaban J connectivity index is 0.000000159. The molecule has 0 amide bonds. The summed E-state index contributed by atoms with van der Waals surface area (Å²) < 4.78 is 22.0. The molecular weight excluding hydrogens is 735 g/mol. The molecular formula is C39H41N11O5S. The summed E-state index contributed by atoms with van der Waals surface area (Å²) in [6, 6.07) is 19.5. The second-order valence-electron chi connectivity index (χ2n) is 13.7. The number of aromatic nitrogens is 9. The smallest absolute Gasteiger partial charge is 0.352 e. The number of nitrogens with zero attached hydrogens (tertiary/aromatic N) is 11. The van der Waals surface area contributed by atoms with Gasteiger partial charge in [-0.2, -0.15) is 19.2 Å². The Morgan fingerprint density at radius 2 is 1.27 bits per heavy atom. The summed E-state index contributed by atoms with van der Waals surface area (Å²) in [7, 11) is 7.33. The molecule has 0 bridgehead atoms. The number of fused-ring (bicyclic) bond motifs is 6. The van der Waals surface area contributed by atoms with Crippen molar-refractivity contribution < 1.29 is 14.2 Å². The minimum absolute atomic E-state index is 0.181. The molecule has 0 aliphatic carbocycles. The van der Waals surface area contributed by atoms with Crippen molar-refractivity contribution in [3.63, 3.8) is 0 Å². The fraction of sp³-hybridized carbons (Fsp3) is 0.308. The summed E-state index contributed by atoms with van der Waals surface area (Å²) in [5, 5.41) is 10.0. The highest BCUT2D eigenvalue weighted by molar-refractivity contribution is 7.18. The Morgan fingerprint density at radius 3 is 1.86 bits per heavy atom. The van der Waals surface area contributed by atoms with Gasteiger partial charge in [-0.05, 0) is 67.2 Å². The van der Waals surface area contributed by atoms with E-state index in [1.807, 2.05) is 68.8 Å². The predicted molar refractivity (Wildman–Crippen MR) is 213 cm³/mol. The van der Waals surface area contributed by atoms with Crippen molar-refractivity contribution in [3.8, 4) is 11.5 Å². The monoisotopic (exact) mass is 775 g/mol. The first-order valence-electron chi connectivity index (χ1n) is 18.1. The molecule has 0 saturated carbocycles.